The van der Waals surface area contributed by atoms with Crippen LogP contribution in [0, 0.1) is 19.8 Å². The minimum Gasteiger partial charge on any atom is -0.342 e. The van der Waals surface area contributed by atoms with Gasteiger partial charge in [-0.05, 0) is 69.7 Å². The number of amides is 2. The molecule has 2 aliphatic heterocycles. The van der Waals surface area contributed by atoms with Crippen molar-refractivity contribution in [2.75, 3.05) is 32.7 Å². The van der Waals surface area contributed by atoms with Gasteiger partial charge in [-0.3, -0.25) is 14.5 Å². The molecule has 1 aromatic carbocycles. The summed E-state index contributed by atoms with van der Waals surface area (Å²) < 4.78 is 29.2. The molecule has 12 heteroatoms. The molecule has 1 N–H and O–H groups in total. The lowest BCUT2D eigenvalue weighted by molar-refractivity contribution is -0.161. The highest BCUT2D eigenvalue weighted by atomic mass is 35.5. The number of nitrogens with zero attached hydrogens (tertiary/aromatic N) is 5. The summed E-state index contributed by atoms with van der Waals surface area (Å²) in [5.41, 5.74) is 3.08. The number of piperazine rings is 1. The van der Waals surface area contributed by atoms with Gasteiger partial charge in [0.05, 0.1) is 16.3 Å². The molecule has 1 spiro atoms. The largest absolute Gasteiger partial charge is 0.342 e. The van der Waals surface area contributed by atoms with Crippen LogP contribution in [0.1, 0.15) is 83.7 Å². The van der Waals surface area contributed by atoms with E-state index in [4.69, 9.17) is 5.10 Å². The summed E-state index contributed by atoms with van der Waals surface area (Å²) in [6.07, 6.45) is 3.74. The number of rotatable bonds is 12. The zero-order chi connectivity index (χ0) is 31.5. The van der Waals surface area contributed by atoms with Crippen LogP contribution in [0.5, 0.6) is 0 Å². The molecule has 2 saturated heterocycles. The van der Waals surface area contributed by atoms with Crippen LogP contribution in [-0.2, 0) is 26.2 Å². The lowest BCUT2D eigenvalue weighted by Crippen LogP contribution is -2.73. The Morgan fingerprint density at radius 3 is 2.20 bits per heavy atom. The molecule has 246 valence electrons. The number of benzene rings is 1. The summed E-state index contributed by atoms with van der Waals surface area (Å²) in [6.45, 7) is 17.6. The lowest BCUT2D eigenvalue weighted by atomic mass is 9.80. The number of carbonyl (C=O) groups excluding carboxylic acids is 2. The highest BCUT2D eigenvalue weighted by Gasteiger charge is 2.53. The third kappa shape index (κ3) is 7.00. The fourth-order valence-corrected chi connectivity index (χ4v) is 8.03. The first-order valence-corrected chi connectivity index (χ1v) is 17.3. The number of hydrogen-bond donors (Lipinski definition) is 1. The van der Waals surface area contributed by atoms with E-state index in [-0.39, 0.29) is 29.1 Å². The Morgan fingerprint density at radius 2 is 1.66 bits per heavy atom. The summed E-state index contributed by atoms with van der Waals surface area (Å²) in [5, 5.41) is 7.89. The fraction of sp³-hybridized carbons (Fsp3) is 0.656. The van der Waals surface area contributed by atoms with E-state index in [1.54, 1.807) is 24.3 Å². The molecule has 1 atom stereocenters. The number of aryl methyl sites for hydroxylation is 1. The number of halogens is 1. The second-order valence-corrected chi connectivity index (χ2v) is 14.4. The van der Waals surface area contributed by atoms with Crippen LogP contribution < -0.4 is 5.32 Å². The number of carbonyl (C=O) groups is 2. The van der Waals surface area contributed by atoms with Gasteiger partial charge in [-0.15, -0.1) is 12.4 Å². The Balaban J connectivity index is 0.00000529. The minimum absolute atomic E-state index is 0. The van der Waals surface area contributed by atoms with Gasteiger partial charge in [0.25, 0.3) is 0 Å². The second kappa shape index (κ2) is 14.7. The number of hydrogen-bond acceptors (Lipinski definition) is 6. The first-order valence-electron chi connectivity index (χ1n) is 15.9. The third-order valence-corrected chi connectivity index (χ3v) is 11.2. The number of sulfonamides is 1. The minimum atomic E-state index is -3.53. The van der Waals surface area contributed by atoms with Crippen molar-refractivity contribution in [2.45, 2.75) is 104 Å². The van der Waals surface area contributed by atoms with E-state index >= 15 is 0 Å². The van der Waals surface area contributed by atoms with E-state index in [1.165, 1.54) is 4.31 Å². The Bertz CT molecular complexity index is 1400. The summed E-state index contributed by atoms with van der Waals surface area (Å²) in [5.74, 6) is 0.392. The molecule has 2 fully saturated rings. The summed E-state index contributed by atoms with van der Waals surface area (Å²) in [7, 11) is -3.53. The highest BCUT2D eigenvalue weighted by molar-refractivity contribution is 7.89. The van der Waals surface area contributed by atoms with Crippen molar-refractivity contribution in [1.29, 1.82) is 0 Å². The summed E-state index contributed by atoms with van der Waals surface area (Å²) in [4.78, 5) is 31.7. The standard InChI is InChI=1S/C32H50N6O4S.ClH/c1-8-11-18-37-30(39)29(21-23(4)5)33-31(40)32(37)16-19-35(20-17-32)22-28-24(6)34-38(25(28)7)26-12-14-27(15-13-26)43(41,42)36(9-2)10-3;/h12-15,23,29H,8-11,16-22H2,1-7H3,(H,33,40);1H/t29-;/m0./s1. The van der Waals surface area contributed by atoms with Crippen LogP contribution in [0.25, 0.3) is 5.69 Å². The van der Waals surface area contributed by atoms with Gasteiger partial charge in [0, 0.05) is 50.5 Å². The van der Waals surface area contributed by atoms with E-state index in [1.807, 2.05) is 37.3 Å². The smallest absolute Gasteiger partial charge is 0.246 e. The molecule has 44 heavy (non-hydrogen) atoms. The van der Waals surface area contributed by atoms with Crippen molar-refractivity contribution in [3.8, 4) is 5.69 Å². The van der Waals surface area contributed by atoms with E-state index < -0.39 is 21.6 Å². The Hall–Kier alpha value is -2.47. The third-order valence-electron chi connectivity index (χ3n) is 9.18. The average Bonchev–Trinajstić information content (AvgIpc) is 3.25. The van der Waals surface area contributed by atoms with Crippen LogP contribution in [0.2, 0.25) is 0 Å². The molecule has 2 amide bonds. The maximum Gasteiger partial charge on any atom is 0.246 e. The molecule has 2 aliphatic rings. The monoisotopic (exact) mass is 650 g/mol. The molecular weight excluding hydrogens is 600 g/mol. The van der Waals surface area contributed by atoms with Gasteiger partial charge in [-0.1, -0.05) is 41.0 Å². The number of piperidine rings is 1. The van der Waals surface area contributed by atoms with Gasteiger partial charge in [-0.25, -0.2) is 13.1 Å². The molecule has 2 aromatic rings. The Morgan fingerprint density at radius 1 is 1.05 bits per heavy atom. The molecule has 0 saturated carbocycles. The molecule has 10 nitrogen and oxygen atoms in total. The van der Waals surface area contributed by atoms with E-state index in [9.17, 15) is 18.0 Å². The van der Waals surface area contributed by atoms with Crippen molar-refractivity contribution in [3.05, 3.63) is 41.2 Å². The predicted octanol–water partition coefficient (Wildman–Crippen LogP) is 4.45. The summed E-state index contributed by atoms with van der Waals surface area (Å²) in [6, 6.07) is 6.47. The van der Waals surface area contributed by atoms with Gasteiger partial charge in [-0.2, -0.15) is 9.40 Å². The van der Waals surface area contributed by atoms with E-state index in [2.05, 4.69) is 31.0 Å². The van der Waals surface area contributed by atoms with E-state index in [0.717, 1.165) is 35.5 Å². The number of likely N-dealkylation sites (tertiary alicyclic amines) is 1. The first kappa shape index (κ1) is 36.0. The van der Waals surface area contributed by atoms with Gasteiger partial charge in [0.2, 0.25) is 21.8 Å². The fourth-order valence-electron chi connectivity index (χ4n) is 6.58. The van der Waals surface area contributed by atoms with Crippen LogP contribution in [0.3, 0.4) is 0 Å². The lowest BCUT2D eigenvalue weighted by Gasteiger charge is -2.52. The molecule has 1 aromatic heterocycles. The van der Waals surface area contributed by atoms with Crippen molar-refractivity contribution in [3.63, 3.8) is 0 Å². The summed E-state index contributed by atoms with van der Waals surface area (Å²) >= 11 is 0. The van der Waals surface area contributed by atoms with Crippen LogP contribution in [-0.4, -0.2) is 88.4 Å². The van der Waals surface area contributed by atoms with Crippen molar-refractivity contribution >= 4 is 34.2 Å². The zero-order valence-electron chi connectivity index (χ0n) is 27.4. The SMILES string of the molecule is CCCCN1C(=O)[C@H](CC(C)C)NC(=O)C12CCN(Cc1c(C)nn(-c3ccc(S(=O)(=O)N(CC)CC)cc3)c1C)CC2.Cl. The van der Waals surface area contributed by atoms with Crippen LogP contribution >= 0.6 is 12.4 Å². The molecule has 0 bridgehead atoms. The van der Waals surface area contributed by atoms with E-state index in [0.29, 0.717) is 64.4 Å². The molecule has 0 radical (unpaired) electrons. The maximum absolute atomic E-state index is 13.6. The number of nitrogens with one attached hydrogen (secondary N) is 1. The van der Waals surface area contributed by atoms with Crippen molar-refractivity contribution in [1.82, 2.24) is 29.2 Å². The first-order chi connectivity index (χ1) is 20.4. The maximum atomic E-state index is 13.6. The van der Waals surface area contributed by atoms with Gasteiger partial charge < -0.3 is 10.2 Å². The average molecular weight is 651 g/mol. The predicted molar refractivity (Wildman–Crippen MR) is 176 cm³/mol. The Labute approximate surface area is 270 Å². The molecule has 0 aliphatic carbocycles. The van der Waals surface area contributed by atoms with Crippen molar-refractivity contribution < 1.29 is 18.0 Å². The molecular formula is C32H51ClN6O4S. The molecule has 0 unspecified atom stereocenters. The molecule has 3 heterocycles. The van der Waals surface area contributed by atoms with Gasteiger partial charge >= 0.3 is 0 Å². The van der Waals surface area contributed by atoms with Gasteiger partial charge in [0.15, 0.2) is 0 Å². The van der Waals surface area contributed by atoms with Crippen LogP contribution in [0.4, 0.5) is 0 Å². The number of unbranched alkanes of at least 4 members (excludes halogenated alkanes) is 1. The van der Waals surface area contributed by atoms with Gasteiger partial charge in [0.1, 0.15) is 11.6 Å². The highest BCUT2D eigenvalue weighted by Crippen LogP contribution is 2.35. The second-order valence-electron chi connectivity index (χ2n) is 12.5. The quantitative estimate of drug-likeness (QED) is 0.364. The topological polar surface area (TPSA) is 108 Å². The van der Waals surface area contributed by atoms with Crippen molar-refractivity contribution in [2.24, 2.45) is 5.92 Å². The molecule has 4 rings (SSSR count). The Kier molecular flexibility index (Phi) is 12.1. The normalized spacial score (nSPS) is 19.1. The number of aromatic nitrogens is 2. The van der Waals surface area contributed by atoms with Crippen LogP contribution in [0.15, 0.2) is 29.2 Å². The zero-order valence-corrected chi connectivity index (χ0v) is 29.1.